The summed E-state index contributed by atoms with van der Waals surface area (Å²) in [5, 5.41) is 9.41. The number of hydrogen-bond acceptors (Lipinski definition) is 4. The standard InChI is InChI=1S/C22H22ClN3O3/c1-28-19-10-9-16-11-18(8-7-17(16)12-19)20(29-2)22(27)26(23)13-14-3-5-15(6-4-14)21(24)25/h3-12,20H,13H2,1-2H3,(H3,24,25). The van der Waals surface area contributed by atoms with Crippen LogP contribution in [0.1, 0.15) is 22.8 Å². The lowest BCUT2D eigenvalue weighted by Crippen LogP contribution is -2.28. The molecule has 1 atom stereocenters. The van der Waals surface area contributed by atoms with E-state index in [4.69, 9.17) is 32.4 Å². The molecular weight excluding hydrogens is 390 g/mol. The van der Waals surface area contributed by atoms with Gasteiger partial charge in [-0.25, -0.2) is 4.42 Å². The van der Waals surface area contributed by atoms with Gasteiger partial charge in [-0.05, 0) is 40.1 Å². The molecule has 0 heterocycles. The molecule has 0 fully saturated rings. The highest BCUT2D eigenvalue weighted by atomic mass is 35.5. The Bertz CT molecular complexity index is 1040. The van der Waals surface area contributed by atoms with Gasteiger partial charge >= 0.3 is 0 Å². The Hall–Kier alpha value is -3.09. The minimum atomic E-state index is -0.824. The maximum atomic E-state index is 12.9. The summed E-state index contributed by atoms with van der Waals surface area (Å²) in [6.07, 6.45) is -0.824. The Morgan fingerprint density at radius 3 is 2.34 bits per heavy atom. The van der Waals surface area contributed by atoms with Crippen LogP contribution in [0.15, 0.2) is 60.7 Å². The number of nitrogen functional groups attached to an aromatic ring is 1. The van der Waals surface area contributed by atoms with Gasteiger partial charge in [0.2, 0.25) is 0 Å². The highest BCUT2D eigenvalue weighted by molar-refractivity contribution is 6.21. The first-order chi connectivity index (χ1) is 13.9. The lowest BCUT2D eigenvalue weighted by Gasteiger charge is -2.21. The van der Waals surface area contributed by atoms with Gasteiger partial charge in [0, 0.05) is 24.4 Å². The summed E-state index contributed by atoms with van der Waals surface area (Å²) in [5.41, 5.74) is 7.61. The molecule has 29 heavy (non-hydrogen) atoms. The number of nitrogens with one attached hydrogen (secondary N) is 1. The number of nitrogens with zero attached hydrogens (tertiary/aromatic N) is 1. The van der Waals surface area contributed by atoms with Gasteiger partial charge in [-0.3, -0.25) is 10.2 Å². The van der Waals surface area contributed by atoms with Crippen molar-refractivity contribution in [3.05, 3.63) is 77.4 Å². The molecule has 3 rings (SSSR count). The van der Waals surface area contributed by atoms with Crippen LogP contribution in [0.2, 0.25) is 0 Å². The highest BCUT2D eigenvalue weighted by Crippen LogP contribution is 2.27. The van der Waals surface area contributed by atoms with E-state index in [0.717, 1.165) is 26.5 Å². The summed E-state index contributed by atoms with van der Waals surface area (Å²) in [6, 6.07) is 18.4. The fraction of sp³-hybridized carbons (Fsp3) is 0.182. The molecule has 1 unspecified atom stereocenters. The number of methoxy groups -OCH3 is 2. The van der Waals surface area contributed by atoms with Gasteiger partial charge in [-0.1, -0.05) is 42.5 Å². The lowest BCUT2D eigenvalue weighted by molar-refractivity contribution is -0.137. The van der Waals surface area contributed by atoms with Crippen molar-refractivity contribution in [1.82, 2.24) is 4.42 Å². The molecule has 0 aliphatic carbocycles. The number of amidine groups is 1. The van der Waals surface area contributed by atoms with E-state index in [-0.39, 0.29) is 18.3 Å². The molecule has 150 valence electrons. The van der Waals surface area contributed by atoms with E-state index < -0.39 is 6.10 Å². The Balaban J connectivity index is 1.78. The Morgan fingerprint density at radius 2 is 1.72 bits per heavy atom. The maximum Gasteiger partial charge on any atom is 0.270 e. The van der Waals surface area contributed by atoms with Crippen LogP contribution in [-0.2, 0) is 16.1 Å². The van der Waals surface area contributed by atoms with Crippen molar-refractivity contribution in [2.45, 2.75) is 12.6 Å². The number of carbonyl (C=O) groups is 1. The van der Waals surface area contributed by atoms with Gasteiger partial charge in [0.1, 0.15) is 11.6 Å². The van der Waals surface area contributed by atoms with Crippen LogP contribution < -0.4 is 10.5 Å². The Labute approximate surface area is 174 Å². The number of ether oxygens (including phenoxy) is 2. The molecule has 0 saturated heterocycles. The molecule has 0 radical (unpaired) electrons. The molecule has 0 bridgehead atoms. The minimum absolute atomic E-state index is 0.0104. The molecule has 3 N–H and O–H groups in total. The van der Waals surface area contributed by atoms with Gasteiger partial charge in [-0.2, -0.15) is 0 Å². The Kier molecular flexibility index (Phi) is 6.36. The molecule has 0 aliphatic rings. The molecule has 0 spiro atoms. The Morgan fingerprint density at radius 1 is 1.07 bits per heavy atom. The first kappa shape index (κ1) is 20.6. The second kappa shape index (κ2) is 8.94. The number of carbonyl (C=O) groups excluding carboxylic acids is 1. The van der Waals surface area contributed by atoms with Gasteiger partial charge in [-0.15, -0.1) is 0 Å². The van der Waals surface area contributed by atoms with Crippen molar-refractivity contribution < 1.29 is 14.3 Å². The predicted molar refractivity (Wildman–Crippen MR) is 114 cm³/mol. The third-order valence-electron chi connectivity index (χ3n) is 4.66. The average molecular weight is 412 g/mol. The third-order valence-corrected chi connectivity index (χ3v) is 4.95. The van der Waals surface area contributed by atoms with E-state index in [9.17, 15) is 4.79 Å². The third kappa shape index (κ3) is 4.67. The topological polar surface area (TPSA) is 88.6 Å². The fourth-order valence-corrected chi connectivity index (χ4v) is 3.29. The van der Waals surface area contributed by atoms with Crippen molar-refractivity contribution in [2.24, 2.45) is 5.73 Å². The van der Waals surface area contributed by atoms with Gasteiger partial charge in [0.25, 0.3) is 5.91 Å². The van der Waals surface area contributed by atoms with Crippen molar-refractivity contribution in [1.29, 1.82) is 5.41 Å². The van der Waals surface area contributed by atoms with Gasteiger partial charge < -0.3 is 15.2 Å². The molecule has 1 amide bonds. The number of amides is 1. The van der Waals surface area contributed by atoms with Crippen molar-refractivity contribution in [3.8, 4) is 5.75 Å². The smallest absolute Gasteiger partial charge is 0.270 e. The van der Waals surface area contributed by atoms with E-state index in [1.165, 1.54) is 7.11 Å². The highest BCUT2D eigenvalue weighted by Gasteiger charge is 2.25. The van der Waals surface area contributed by atoms with E-state index in [2.05, 4.69) is 0 Å². The molecule has 0 aromatic heterocycles. The summed E-state index contributed by atoms with van der Waals surface area (Å²) in [7, 11) is 3.10. The first-order valence-electron chi connectivity index (χ1n) is 8.94. The zero-order valence-electron chi connectivity index (χ0n) is 16.2. The molecule has 0 aliphatic heterocycles. The van der Waals surface area contributed by atoms with Crippen LogP contribution in [0.25, 0.3) is 10.8 Å². The van der Waals surface area contributed by atoms with E-state index >= 15 is 0 Å². The molecule has 7 heteroatoms. The van der Waals surface area contributed by atoms with Crippen molar-refractivity contribution in [3.63, 3.8) is 0 Å². The van der Waals surface area contributed by atoms with Crippen molar-refractivity contribution in [2.75, 3.05) is 14.2 Å². The van der Waals surface area contributed by atoms with Crippen LogP contribution >= 0.6 is 11.8 Å². The number of halogens is 1. The van der Waals surface area contributed by atoms with Crippen LogP contribution in [0.3, 0.4) is 0 Å². The second-order valence-electron chi connectivity index (χ2n) is 6.56. The van der Waals surface area contributed by atoms with E-state index in [0.29, 0.717) is 11.1 Å². The van der Waals surface area contributed by atoms with Crippen LogP contribution in [0.5, 0.6) is 5.75 Å². The molecular formula is C22H22ClN3O3. The number of benzene rings is 3. The van der Waals surface area contributed by atoms with Crippen LogP contribution in [0, 0.1) is 5.41 Å². The summed E-state index contributed by atoms with van der Waals surface area (Å²) >= 11 is 6.27. The molecule has 3 aromatic carbocycles. The zero-order chi connectivity index (χ0) is 21.0. The first-order valence-corrected chi connectivity index (χ1v) is 9.27. The SMILES string of the molecule is COc1ccc2cc(C(OC)C(=O)N(Cl)Cc3ccc(C(=N)N)cc3)ccc2c1. The second-order valence-corrected chi connectivity index (χ2v) is 6.97. The largest absolute Gasteiger partial charge is 0.497 e. The van der Waals surface area contributed by atoms with Crippen molar-refractivity contribution >= 4 is 34.3 Å². The number of fused-ring (bicyclic) bond motifs is 1. The number of rotatable bonds is 7. The lowest BCUT2D eigenvalue weighted by atomic mass is 10.0. The van der Waals surface area contributed by atoms with E-state index in [1.807, 2.05) is 36.4 Å². The normalized spacial score (nSPS) is 11.8. The number of hydrogen-bond donors (Lipinski definition) is 2. The minimum Gasteiger partial charge on any atom is -0.497 e. The summed E-state index contributed by atoms with van der Waals surface area (Å²) in [5.74, 6) is 0.397. The molecule has 3 aromatic rings. The summed E-state index contributed by atoms with van der Waals surface area (Å²) < 4.78 is 11.8. The molecule has 6 nitrogen and oxygen atoms in total. The van der Waals surface area contributed by atoms with Gasteiger partial charge in [0.15, 0.2) is 6.10 Å². The predicted octanol–water partition coefficient (Wildman–Crippen LogP) is 4.00. The number of nitrogens with two attached hydrogens (primary N) is 1. The summed E-state index contributed by atoms with van der Waals surface area (Å²) in [4.78, 5) is 12.9. The van der Waals surface area contributed by atoms with Gasteiger partial charge in [0.05, 0.1) is 13.7 Å². The van der Waals surface area contributed by atoms with E-state index in [1.54, 1.807) is 31.4 Å². The fourth-order valence-electron chi connectivity index (χ4n) is 3.07. The quantitative estimate of drug-likeness (QED) is 0.349. The monoisotopic (exact) mass is 411 g/mol. The van der Waals surface area contributed by atoms with Crippen LogP contribution in [0.4, 0.5) is 0 Å². The molecule has 0 saturated carbocycles. The average Bonchev–Trinajstić information content (AvgIpc) is 2.74. The zero-order valence-corrected chi connectivity index (χ0v) is 16.9. The van der Waals surface area contributed by atoms with Crippen LogP contribution in [-0.4, -0.2) is 30.4 Å². The summed E-state index contributed by atoms with van der Waals surface area (Å²) in [6.45, 7) is 0.198. The maximum absolute atomic E-state index is 12.9.